The van der Waals surface area contributed by atoms with Crippen LogP contribution in [0.5, 0.6) is 11.5 Å². The lowest BCUT2D eigenvalue weighted by atomic mass is 10.1. The molecule has 1 amide bonds. The van der Waals surface area contributed by atoms with Gasteiger partial charge in [-0.25, -0.2) is 8.42 Å². The van der Waals surface area contributed by atoms with E-state index in [1.54, 1.807) is 12.1 Å². The van der Waals surface area contributed by atoms with Crippen LogP contribution in [0.3, 0.4) is 0 Å². The summed E-state index contributed by atoms with van der Waals surface area (Å²) in [4.78, 5) is 12.6. The van der Waals surface area contributed by atoms with Gasteiger partial charge in [0.25, 0.3) is 0 Å². The highest BCUT2D eigenvalue weighted by Crippen LogP contribution is 2.32. The largest absolute Gasteiger partial charge is 0.495 e. The summed E-state index contributed by atoms with van der Waals surface area (Å²) in [5.41, 5.74) is 1.07. The van der Waals surface area contributed by atoms with Gasteiger partial charge >= 0.3 is 0 Å². The molecule has 0 aliphatic heterocycles. The van der Waals surface area contributed by atoms with E-state index in [4.69, 9.17) is 21.1 Å². The molecule has 158 valence electrons. The summed E-state index contributed by atoms with van der Waals surface area (Å²) in [6.07, 6.45) is 1.02. The highest BCUT2D eigenvalue weighted by atomic mass is 35.5. The Balaban J connectivity index is 2.18. The molecule has 0 aliphatic rings. The number of methoxy groups -OCH3 is 1. The van der Waals surface area contributed by atoms with Crippen LogP contribution in [0, 0.1) is 0 Å². The molecule has 2 rings (SSSR count). The fourth-order valence-electron chi connectivity index (χ4n) is 2.76. The predicted octanol–water partition coefficient (Wildman–Crippen LogP) is 3.39. The second-order valence-electron chi connectivity index (χ2n) is 6.38. The van der Waals surface area contributed by atoms with Gasteiger partial charge in [0.15, 0.2) is 0 Å². The molecule has 29 heavy (non-hydrogen) atoms. The number of benzene rings is 2. The third-order valence-electron chi connectivity index (χ3n) is 4.17. The highest BCUT2D eigenvalue weighted by Gasteiger charge is 2.25. The van der Waals surface area contributed by atoms with E-state index in [1.807, 2.05) is 38.1 Å². The number of amides is 1. The molecular formula is C20H25ClN2O5S. The lowest BCUT2D eigenvalue weighted by molar-refractivity contribution is -0.120. The zero-order chi connectivity index (χ0) is 21.6. The Morgan fingerprint density at radius 3 is 2.41 bits per heavy atom. The maximum atomic E-state index is 12.6. The average molecular weight is 441 g/mol. The molecule has 0 aliphatic carbocycles. The third kappa shape index (κ3) is 6.27. The second kappa shape index (κ2) is 9.84. The molecule has 0 bridgehead atoms. The van der Waals surface area contributed by atoms with Crippen molar-refractivity contribution >= 4 is 33.2 Å². The molecule has 7 nitrogen and oxygen atoms in total. The van der Waals surface area contributed by atoms with Gasteiger partial charge in [-0.05, 0) is 49.7 Å². The zero-order valence-corrected chi connectivity index (χ0v) is 18.4. The number of nitrogens with zero attached hydrogens (tertiary/aromatic N) is 1. The molecule has 0 saturated heterocycles. The van der Waals surface area contributed by atoms with Gasteiger partial charge in [0.05, 0.1) is 31.7 Å². The standard InChI is InChI=1S/C20H25ClN2O5S/c1-5-28-17-9-6-15(7-10-17)14(2)22-20(24)13-23(29(4,25)26)18-12-16(21)8-11-19(18)27-3/h6-12,14H,5,13H2,1-4H3,(H,22,24)/t14-/m0/s1. The summed E-state index contributed by atoms with van der Waals surface area (Å²) < 4.78 is 36.3. The molecule has 2 aromatic rings. The summed E-state index contributed by atoms with van der Waals surface area (Å²) >= 11 is 6.02. The van der Waals surface area contributed by atoms with E-state index in [9.17, 15) is 13.2 Å². The smallest absolute Gasteiger partial charge is 0.241 e. The maximum Gasteiger partial charge on any atom is 0.241 e. The molecule has 1 atom stereocenters. The van der Waals surface area contributed by atoms with Gasteiger partial charge < -0.3 is 14.8 Å². The summed E-state index contributed by atoms with van der Waals surface area (Å²) in [5.74, 6) is 0.581. The molecule has 0 radical (unpaired) electrons. The minimum Gasteiger partial charge on any atom is -0.495 e. The Bertz CT molecular complexity index is 948. The first-order valence-corrected chi connectivity index (χ1v) is 11.2. The van der Waals surface area contributed by atoms with Gasteiger partial charge in [0, 0.05) is 5.02 Å². The van der Waals surface area contributed by atoms with E-state index in [1.165, 1.54) is 13.2 Å². The molecule has 0 fully saturated rings. The molecule has 0 unspecified atom stereocenters. The molecule has 9 heteroatoms. The first kappa shape index (κ1) is 22.8. The molecule has 0 saturated carbocycles. The van der Waals surface area contributed by atoms with Crippen LogP contribution >= 0.6 is 11.6 Å². The van der Waals surface area contributed by atoms with Crippen LogP contribution in [-0.4, -0.2) is 40.8 Å². The van der Waals surface area contributed by atoms with Gasteiger partial charge in [-0.1, -0.05) is 23.7 Å². The van der Waals surface area contributed by atoms with Crippen molar-refractivity contribution in [3.8, 4) is 11.5 Å². The molecule has 1 N–H and O–H groups in total. The van der Waals surface area contributed by atoms with E-state index in [2.05, 4.69) is 5.32 Å². The Morgan fingerprint density at radius 1 is 1.21 bits per heavy atom. The fourth-order valence-corrected chi connectivity index (χ4v) is 3.78. The number of rotatable bonds is 9. The van der Waals surface area contributed by atoms with Gasteiger partial charge in [0.1, 0.15) is 18.0 Å². The van der Waals surface area contributed by atoms with E-state index in [0.717, 1.165) is 21.9 Å². The number of anilines is 1. The monoisotopic (exact) mass is 440 g/mol. The number of ether oxygens (including phenoxy) is 2. The lowest BCUT2D eigenvalue weighted by Crippen LogP contribution is -2.41. The fraction of sp³-hybridized carbons (Fsp3) is 0.350. The lowest BCUT2D eigenvalue weighted by Gasteiger charge is -2.25. The van der Waals surface area contributed by atoms with Gasteiger partial charge in [0.2, 0.25) is 15.9 Å². The van der Waals surface area contributed by atoms with Crippen LogP contribution in [0.15, 0.2) is 42.5 Å². The van der Waals surface area contributed by atoms with Crippen LogP contribution in [0.4, 0.5) is 5.69 Å². The summed E-state index contributed by atoms with van der Waals surface area (Å²) in [7, 11) is -2.34. The van der Waals surface area contributed by atoms with E-state index >= 15 is 0 Å². The van der Waals surface area contributed by atoms with Crippen molar-refractivity contribution in [2.75, 3.05) is 30.8 Å². The number of hydrogen-bond donors (Lipinski definition) is 1. The molecule has 0 spiro atoms. The minimum atomic E-state index is -3.76. The normalized spacial score (nSPS) is 12.2. The second-order valence-corrected chi connectivity index (χ2v) is 8.72. The number of halogens is 1. The zero-order valence-electron chi connectivity index (χ0n) is 16.8. The van der Waals surface area contributed by atoms with Crippen molar-refractivity contribution in [1.82, 2.24) is 5.32 Å². The van der Waals surface area contributed by atoms with Crippen molar-refractivity contribution in [3.63, 3.8) is 0 Å². The van der Waals surface area contributed by atoms with E-state index in [-0.39, 0.29) is 11.7 Å². The first-order chi connectivity index (χ1) is 13.7. The quantitative estimate of drug-likeness (QED) is 0.646. The molecule has 0 aromatic heterocycles. The summed E-state index contributed by atoms with van der Waals surface area (Å²) in [6.45, 7) is 3.88. The third-order valence-corrected chi connectivity index (χ3v) is 5.53. The molecule has 2 aromatic carbocycles. The van der Waals surface area contributed by atoms with Crippen molar-refractivity contribution in [1.29, 1.82) is 0 Å². The van der Waals surface area contributed by atoms with Crippen LogP contribution in [0.25, 0.3) is 0 Å². The number of hydrogen-bond acceptors (Lipinski definition) is 5. The van der Waals surface area contributed by atoms with Crippen molar-refractivity contribution in [2.24, 2.45) is 0 Å². The Hall–Kier alpha value is -2.45. The van der Waals surface area contributed by atoms with Crippen LogP contribution in [0.2, 0.25) is 5.02 Å². The van der Waals surface area contributed by atoms with Crippen LogP contribution in [0.1, 0.15) is 25.5 Å². The topological polar surface area (TPSA) is 84.9 Å². The number of sulfonamides is 1. The van der Waals surface area contributed by atoms with Crippen LogP contribution < -0.4 is 19.1 Å². The Labute approximate surface area is 176 Å². The maximum absolute atomic E-state index is 12.6. The minimum absolute atomic E-state index is 0.200. The molecular weight excluding hydrogens is 416 g/mol. The first-order valence-electron chi connectivity index (χ1n) is 8.99. The van der Waals surface area contributed by atoms with Crippen molar-refractivity contribution in [3.05, 3.63) is 53.1 Å². The van der Waals surface area contributed by atoms with Gasteiger partial charge in [-0.3, -0.25) is 9.10 Å². The van der Waals surface area contributed by atoms with E-state index in [0.29, 0.717) is 17.4 Å². The Morgan fingerprint density at radius 2 is 1.86 bits per heavy atom. The summed E-state index contributed by atoms with van der Waals surface area (Å²) in [6, 6.07) is 11.6. The van der Waals surface area contributed by atoms with Gasteiger partial charge in [-0.15, -0.1) is 0 Å². The van der Waals surface area contributed by atoms with E-state index < -0.39 is 22.5 Å². The van der Waals surface area contributed by atoms with Gasteiger partial charge in [-0.2, -0.15) is 0 Å². The highest BCUT2D eigenvalue weighted by molar-refractivity contribution is 7.92. The molecule has 0 heterocycles. The summed E-state index contributed by atoms with van der Waals surface area (Å²) in [5, 5.41) is 3.14. The number of nitrogens with one attached hydrogen (secondary N) is 1. The predicted molar refractivity (Wildman–Crippen MR) is 114 cm³/mol. The van der Waals surface area contributed by atoms with Crippen molar-refractivity contribution < 1.29 is 22.7 Å². The SMILES string of the molecule is CCOc1ccc([C@H](C)NC(=O)CN(c2cc(Cl)ccc2OC)S(C)(=O)=O)cc1. The average Bonchev–Trinajstić information content (AvgIpc) is 2.66. The van der Waals surface area contributed by atoms with Crippen molar-refractivity contribution in [2.45, 2.75) is 19.9 Å². The number of carbonyl (C=O) groups excluding carboxylic acids is 1. The van der Waals surface area contributed by atoms with Crippen LogP contribution in [-0.2, 0) is 14.8 Å². The Kier molecular flexibility index (Phi) is 7.75. The number of carbonyl (C=O) groups is 1.